The molecule has 1 aromatic carbocycles. The van der Waals surface area contributed by atoms with Gasteiger partial charge in [0.2, 0.25) is 5.91 Å². The molecule has 0 bridgehead atoms. The summed E-state index contributed by atoms with van der Waals surface area (Å²) >= 11 is 0. The maximum atomic E-state index is 12.0. The highest BCUT2D eigenvalue weighted by atomic mass is 16.2. The number of likely N-dealkylation sites (tertiary alicyclic amines) is 1. The molecule has 3 aliphatic rings. The highest BCUT2D eigenvalue weighted by molar-refractivity contribution is 5.97. The molecule has 3 heterocycles. The molecule has 0 radical (unpaired) electrons. The second kappa shape index (κ2) is 10.7. The normalized spacial score (nSPS) is 21.5. The first-order valence-corrected chi connectivity index (χ1v) is 12.0. The highest BCUT2D eigenvalue weighted by Crippen LogP contribution is 2.24. The van der Waals surface area contributed by atoms with Crippen LogP contribution >= 0.6 is 0 Å². The number of allylic oxidation sites excluding steroid dienone is 4. The third-order valence-corrected chi connectivity index (χ3v) is 7.00. The van der Waals surface area contributed by atoms with Gasteiger partial charge >= 0.3 is 6.03 Å². The molecule has 34 heavy (non-hydrogen) atoms. The van der Waals surface area contributed by atoms with Crippen LogP contribution in [0.3, 0.4) is 0 Å². The van der Waals surface area contributed by atoms with Crippen molar-refractivity contribution in [1.82, 2.24) is 20.0 Å². The number of rotatable bonds is 5. The summed E-state index contributed by atoms with van der Waals surface area (Å²) in [6, 6.07) is 8.34. The number of amides is 3. The van der Waals surface area contributed by atoms with E-state index in [4.69, 9.17) is 12.2 Å². The van der Waals surface area contributed by atoms with Crippen molar-refractivity contribution >= 4 is 23.3 Å². The molecule has 3 fully saturated rings. The highest BCUT2D eigenvalue weighted by Gasteiger charge is 2.28. The van der Waals surface area contributed by atoms with Crippen molar-refractivity contribution in [3.8, 4) is 12.3 Å². The molecule has 3 aliphatic heterocycles. The molecular weight excluding hydrogens is 428 g/mol. The average molecular weight is 463 g/mol. The van der Waals surface area contributed by atoms with Gasteiger partial charge in [-0.3, -0.25) is 19.9 Å². The van der Waals surface area contributed by atoms with Crippen LogP contribution in [0.2, 0.25) is 0 Å². The van der Waals surface area contributed by atoms with Crippen LogP contribution < -0.4 is 16.0 Å². The summed E-state index contributed by atoms with van der Waals surface area (Å²) in [6.07, 6.45) is 12.1. The lowest BCUT2D eigenvalue weighted by Gasteiger charge is -2.43. The maximum absolute atomic E-state index is 12.0. The van der Waals surface area contributed by atoms with E-state index < -0.39 is 0 Å². The zero-order chi connectivity index (χ0) is 24.1. The predicted molar refractivity (Wildman–Crippen MR) is 135 cm³/mol. The maximum Gasteiger partial charge on any atom is 0.328 e. The number of benzene rings is 1. The van der Waals surface area contributed by atoms with E-state index in [1.165, 1.54) is 5.69 Å². The van der Waals surface area contributed by atoms with Crippen molar-refractivity contribution in [2.24, 2.45) is 0 Å². The van der Waals surface area contributed by atoms with Crippen LogP contribution in [-0.2, 0) is 4.79 Å². The summed E-state index contributed by atoms with van der Waals surface area (Å²) in [7, 11) is 0. The molecule has 1 aromatic rings. The summed E-state index contributed by atoms with van der Waals surface area (Å²) in [6.45, 7) is 8.28. The summed E-state index contributed by atoms with van der Waals surface area (Å²) in [5.41, 5.74) is 9.46. The Bertz CT molecular complexity index is 993. The van der Waals surface area contributed by atoms with Gasteiger partial charge in [-0.25, -0.2) is 4.79 Å². The lowest BCUT2D eigenvalue weighted by Crippen LogP contribution is -2.53. The number of imide groups is 1. The molecule has 0 saturated carbocycles. The number of urea groups is 1. The van der Waals surface area contributed by atoms with Crippen LogP contribution in [0.1, 0.15) is 26.2 Å². The van der Waals surface area contributed by atoms with Crippen molar-refractivity contribution in [2.45, 2.75) is 32.2 Å². The Kier molecular flexibility index (Phi) is 7.43. The van der Waals surface area contributed by atoms with E-state index in [2.05, 4.69) is 38.1 Å². The van der Waals surface area contributed by atoms with Crippen LogP contribution in [0.4, 0.5) is 16.2 Å². The lowest BCUT2D eigenvalue weighted by atomic mass is 10.0. The van der Waals surface area contributed by atoms with Gasteiger partial charge in [0.25, 0.3) is 0 Å². The van der Waals surface area contributed by atoms with Gasteiger partial charge in [0.05, 0.1) is 5.70 Å². The second-order valence-electron chi connectivity index (χ2n) is 9.09. The Morgan fingerprint density at radius 1 is 1.03 bits per heavy atom. The molecule has 3 saturated heterocycles. The van der Waals surface area contributed by atoms with E-state index in [-0.39, 0.29) is 11.9 Å². The molecule has 0 unspecified atom stereocenters. The molecule has 8 nitrogen and oxygen atoms in total. The molecule has 3 N–H and O–H groups in total. The Balaban J connectivity index is 1.28. The van der Waals surface area contributed by atoms with Gasteiger partial charge in [0, 0.05) is 75.3 Å². The van der Waals surface area contributed by atoms with Gasteiger partial charge in [-0.1, -0.05) is 5.92 Å². The number of nitrogens with two attached hydrogens (primary N) is 1. The Morgan fingerprint density at radius 3 is 2.32 bits per heavy atom. The zero-order valence-electron chi connectivity index (χ0n) is 19.9. The van der Waals surface area contributed by atoms with Gasteiger partial charge < -0.3 is 15.5 Å². The smallest absolute Gasteiger partial charge is 0.328 e. The van der Waals surface area contributed by atoms with E-state index in [9.17, 15) is 9.59 Å². The predicted octanol–water partition coefficient (Wildman–Crippen LogP) is 2.22. The molecule has 180 valence electrons. The lowest BCUT2D eigenvalue weighted by molar-refractivity contribution is -0.121. The van der Waals surface area contributed by atoms with Crippen LogP contribution in [0.25, 0.3) is 0 Å². The number of piperazine rings is 1. The second-order valence-corrected chi connectivity index (χ2v) is 9.09. The number of piperidine rings is 1. The zero-order valence-corrected chi connectivity index (χ0v) is 19.9. The van der Waals surface area contributed by atoms with E-state index in [1.54, 1.807) is 4.90 Å². The van der Waals surface area contributed by atoms with Gasteiger partial charge in [-0.2, -0.15) is 0 Å². The van der Waals surface area contributed by atoms with Gasteiger partial charge in [0.15, 0.2) is 0 Å². The number of anilines is 2. The summed E-state index contributed by atoms with van der Waals surface area (Å²) in [4.78, 5) is 32.3. The number of nitrogens with zero attached hydrogens (tertiary/aromatic N) is 4. The molecule has 8 heteroatoms. The van der Waals surface area contributed by atoms with E-state index in [0.29, 0.717) is 19.0 Å². The van der Waals surface area contributed by atoms with E-state index in [0.717, 1.165) is 69.2 Å². The van der Waals surface area contributed by atoms with Crippen molar-refractivity contribution < 1.29 is 9.59 Å². The number of nitrogen functional groups attached to an aromatic ring is 1. The van der Waals surface area contributed by atoms with Crippen LogP contribution in [0.5, 0.6) is 0 Å². The first-order valence-electron chi connectivity index (χ1n) is 12.0. The topological polar surface area (TPSA) is 85.2 Å². The van der Waals surface area contributed by atoms with Crippen LogP contribution in [0, 0.1) is 12.3 Å². The number of hydrogen-bond acceptors (Lipinski definition) is 6. The van der Waals surface area contributed by atoms with E-state index in [1.807, 2.05) is 31.2 Å². The number of hydrogen-bond donors (Lipinski definition) is 2. The van der Waals surface area contributed by atoms with Crippen LogP contribution in [0.15, 0.2) is 47.8 Å². The minimum absolute atomic E-state index is 0.233. The van der Waals surface area contributed by atoms with Crippen molar-refractivity contribution in [3.05, 3.63) is 47.8 Å². The third-order valence-electron chi connectivity index (χ3n) is 7.00. The number of terminal acetylenes is 1. The summed E-state index contributed by atoms with van der Waals surface area (Å²) in [5.74, 6) is 2.58. The monoisotopic (exact) mass is 462 g/mol. The van der Waals surface area contributed by atoms with Gasteiger partial charge in [-0.05, 0) is 56.2 Å². The summed E-state index contributed by atoms with van der Waals surface area (Å²) < 4.78 is 0. The molecule has 0 atom stereocenters. The molecule has 0 aromatic heterocycles. The third kappa shape index (κ3) is 5.54. The van der Waals surface area contributed by atoms with Crippen molar-refractivity contribution in [2.75, 3.05) is 56.4 Å². The van der Waals surface area contributed by atoms with Gasteiger partial charge in [0.1, 0.15) is 0 Å². The Morgan fingerprint density at radius 2 is 1.71 bits per heavy atom. The molecule has 0 spiro atoms. The minimum atomic E-state index is -0.377. The number of nitrogens with one attached hydrogen (secondary N) is 1. The van der Waals surface area contributed by atoms with Gasteiger partial charge in [-0.15, -0.1) is 6.42 Å². The first-order chi connectivity index (χ1) is 16.4. The van der Waals surface area contributed by atoms with Crippen molar-refractivity contribution in [3.63, 3.8) is 0 Å². The fraction of sp³-hybridized carbons (Fsp3) is 0.462. The van der Waals surface area contributed by atoms with Crippen LogP contribution in [-0.4, -0.2) is 78.5 Å². The van der Waals surface area contributed by atoms with E-state index >= 15 is 0 Å². The molecule has 4 rings (SSSR count). The number of carbonyl (C=O) groups excluding carboxylic acids is 2. The number of carbonyl (C=O) groups is 2. The Hall–Kier alpha value is -3.44. The molecular formula is C26H34N6O2. The standard InChI is InChI=1S/C26H34N6O2/c1-3-22(7-4-20(2)32-15-12-25(33)28-26(32)34)29-13-10-24(11-14-29)31-18-16-30(17-19-31)23-8-5-21(27)6-9-23/h1,4-9,24H,10-19,27H2,2H3,(H,28,33,34)/b20-4+,22-7+. The fourth-order valence-electron chi connectivity index (χ4n) is 4.94. The first kappa shape index (κ1) is 23.7. The quantitative estimate of drug-likeness (QED) is 0.397. The fourth-order valence-corrected chi connectivity index (χ4v) is 4.94. The average Bonchev–Trinajstić information content (AvgIpc) is 2.85. The molecule has 0 aliphatic carbocycles. The SMILES string of the molecule is C#C/C(=C\C=C(/C)N1CCC(=O)NC1=O)N1CCC(N2CCN(c3ccc(N)cc3)CC2)CC1. The Labute approximate surface area is 202 Å². The largest absolute Gasteiger partial charge is 0.399 e. The summed E-state index contributed by atoms with van der Waals surface area (Å²) in [5, 5.41) is 2.35. The molecule has 3 amide bonds. The minimum Gasteiger partial charge on any atom is -0.399 e. The van der Waals surface area contributed by atoms with Crippen molar-refractivity contribution in [1.29, 1.82) is 0 Å².